The van der Waals surface area contributed by atoms with E-state index < -0.39 is 0 Å². The zero-order chi connectivity index (χ0) is 21.8. The molecule has 2 aliphatic carbocycles. The van der Waals surface area contributed by atoms with Crippen molar-refractivity contribution in [3.63, 3.8) is 0 Å². The topological polar surface area (TPSA) is 103 Å². The minimum atomic E-state index is -0.158. The number of guanidine groups is 1. The Kier molecular flexibility index (Phi) is 6.34. The van der Waals surface area contributed by atoms with Gasteiger partial charge >= 0.3 is 0 Å². The van der Waals surface area contributed by atoms with E-state index in [1.165, 1.54) is 4.90 Å². The Morgan fingerprint density at radius 3 is 2.29 bits per heavy atom. The van der Waals surface area contributed by atoms with E-state index in [9.17, 15) is 14.4 Å². The number of imide groups is 1. The summed E-state index contributed by atoms with van der Waals surface area (Å²) in [5.74, 6) is 0.563. The van der Waals surface area contributed by atoms with E-state index in [0.717, 1.165) is 12.0 Å². The highest BCUT2D eigenvalue weighted by Gasteiger charge is 2.58. The van der Waals surface area contributed by atoms with Crippen molar-refractivity contribution in [3.8, 4) is 0 Å². The highest BCUT2D eigenvalue weighted by Crippen LogP contribution is 2.52. The smallest absolute Gasteiger partial charge is 0.233 e. The van der Waals surface area contributed by atoms with Crippen molar-refractivity contribution >= 4 is 23.7 Å². The van der Waals surface area contributed by atoms with Crippen LogP contribution in [0.2, 0.25) is 0 Å². The summed E-state index contributed by atoms with van der Waals surface area (Å²) in [6.45, 7) is 1.67. The SMILES string of the molecule is CN=C(NCCC(=O)NCc1ccccc1)NCCN1C(=O)C2C3C=CC(C3)C2C1=O. The number of amides is 3. The number of likely N-dealkylation sites (tertiary alicyclic amines) is 1. The van der Waals surface area contributed by atoms with Crippen LogP contribution in [0.1, 0.15) is 18.4 Å². The molecule has 1 aliphatic heterocycles. The minimum Gasteiger partial charge on any atom is -0.356 e. The van der Waals surface area contributed by atoms with Crippen molar-refractivity contribution in [1.29, 1.82) is 0 Å². The van der Waals surface area contributed by atoms with Gasteiger partial charge < -0.3 is 16.0 Å². The molecule has 0 aromatic heterocycles. The monoisotopic (exact) mass is 423 g/mol. The van der Waals surface area contributed by atoms with E-state index in [2.05, 4.69) is 33.1 Å². The number of allylic oxidation sites excluding steroid dienone is 2. The summed E-state index contributed by atoms with van der Waals surface area (Å²) in [5, 5.41) is 9.09. The third kappa shape index (κ3) is 4.47. The summed E-state index contributed by atoms with van der Waals surface area (Å²) in [6.07, 6.45) is 5.45. The van der Waals surface area contributed by atoms with Crippen LogP contribution in [0.3, 0.4) is 0 Å². The maximum Gasteiger partial charge on any atom is 0.233 e. The Hall–Kier alpha value is -3.16. The van der Waals surface area contributed by atoms with Crippen molar-refractivity contribution in [2.24, 2.45) is 28.7 Å². The van der Waals surface area contributed by atoms with Crippen LogP contribution in [-0.4, -0.2) is 55.3 Å². The first-order chi connectivity index (χ1) is 15.1. The normalized spacial score (nSPS) is 26.4. The number of rotatable bonds is 8. The average molecular weight is 424 g/mol. The third-order valence-electron chi connectivity index (χ3n) is 6.39. The molecule has 1 saturated heterocycles. The second-order valence-electron chi connectivity index (χ2n) is 8.27. The fourth-order valence-electron chi connectivity index (χ4n) is 4.87. The highest BCUT2D eigenvalue weighted by molar-refractivity contribution is 6.06. The van der Waals surface area contributed by atoms with E-state index in [4.69, 9.17) is 0 Å². The van der Waals surface area contributed by atoms with Crippen LogP contribution in [0.5, 0.6) is 0 Å². The molecule has 0 radical (unpaired) electrons. The zero-order valence-corrected chi connectivity index (χ0v) is 17.7. The van der Waals surface area contributed by atoms with Gasteiger partial charge in [0.1, 0.15) is 0 Å². The number of carbonyl (C=O) groups excluding carboxylic acids is 3. The van der Waals surface area contributed by atoms with Crippen LogP contribution >= 0.6 is 0 Å². The zero-order valence-electron chi connectivity index (χ0n) is 17.7. The molecule has 8 nitrogen and oxygen atoms in total. The molecule has 3 aliphatic rings. The lowest BCUT2D eigenvalue weighted by Gasteiger charge is -2.18. The molecule has 2 bridgehead atoms. The fraction of sp³-hybridized carbons (Fsp3) is 0.478. The van der Waals surface area contributed by atoms with Crippen LogP contribution in [0.15, 0.2) is 47.5 Å². The summed E-state index contributed by atoms with van der Waals surface area (Å²) in [7, 11) is 1.64. The molecule has 4 rings (SSSR count). The van der Waals surface area contributed by atoms with Crippen molar-refractivity contribution in [3.05, 3.63) is 48.0 Å². The predicted octanol–water partition coefficient (Wildman–Crippen LogP) is 0.665. The Bertz CT molecular complexity index is 868. The molecule has 4 unspecified atom stereocenters. The van der Waals surface area contributed by atoms with E-state index in [1.807, 2.05) is 30.3 Å². The largest absolute Gasteiger partial charge is 0.356 e. The summed E-state index contributed by atoms with van der Waals surface area (Å²) in [4.78, 5) is 42.9. The van der Waals surface area contributed by atoms with Gasteiger partial charge in [0.15, 0.2) is 5.96 Å². The minimum absolute atomic E-state index is 0.0355. The molecule has 3 N–H and O–H groups in total. The molecule has 8 heteroatoms. The summed E-state index contributed by atoms with van der Waals surface area (Å²) < 4.78 is 0. The number of aliphatic imine (C=N–C) groups is 1. The molecule has 3 amide bonds. The molecule has 4 atom stereocenters. The average Bonchev–Trinajstić information content (AvgIpc) is 3.47. The van der Waals surface area contributed by atoms with Gasteiger partial charge in [0.25, 0.3) is 0 Å². The number of benzene rings is 1. The molecule has 1 aromatic carbocycles. The lowest BCUT2D eigenvalue weighted by atomic mass is 9.85. The molecule has 2 fully saturated rings. The molecular weight excluding hydrogens is 394 g/mol. The molecule has 31 heavy (non-hydrogen) atoms. The maximum absolute atomic E-state index is 12.7. The van der Waals surface area contributed by atoms with Gasteiger partial charge in [-0.05, 0) is 23.8 Å². The lowest BCUT2D eigenvalue weighted by molar-refractivity contribution is -0.140. The molecular formula is C23H29N5O3. The van der Waals surface area contributed by atoms with E-state index in [1.54, 1.807) is 7.05 Å². The van der Waals surface area contributed by atoms with Crippen LogP contribution in [0.25, 0.3) is 0 Å². The van der Waals surface area contributed by atoms with Gasteiger partial charge in [-0.25, -0.2) is 0 Å². The van der Waals surface area contributed by atoms with Crippen LogP contribution in [0, 0.1) is 23.7 Å². The van der Waals surface area contributed by atoms with Crippen molar-refractivity contribution in [2.75, 3.05) is 26.7 Å². The van der Waals surface area contributed by atoms with Crippen LogP contribution < -0.4 is 16.0 Å². The fourth-order valence-corrected chi connectivity index (χ4v) is 4.87. The van der Waals surface area contributed by atoms with Gasteiger partial charge in [0.2, 0.25) is 17.7 Å². The molecule has 0 spiro atoms. The first-order valence-electron chi connectivity index (χ1n) is 10.9. The number of hydrogen-bond acceptors (Lipinski definition) is 4. The quantitative estimate of drug-likeness (QED) is 0.247. The molecule has 164 valence electrons. The van der Waals surface area contributed by atoms with E-state index in [-0.39, 0.29) is 41.4 Å². The van der Waals surface area contributed by atoms with Gasteiger partial charge in [-0.3, -0.25) is 24.3 Å². The molecule has 1 aromatic rings. The number of nitrogens with zero attached hydrogens (tertiary/aromatic N) is 2. The number of fused-ring (bicyclic) bond motifs is 5. The first-order valence-corrected chi connectivity index (χ1v) is 10.9. The maximum atomic E-state index is 12.7. The van der Waals surface area contributed by atoms with Gasteiger partial charge in [-0.2, -0.15) is 0 Å². The first kappa shape index (κ1) is 21.1. The van der Waals surface area contributed by atoms with Gasteiger partial charge in [0, 0.05) is 39.6 Å². The van der Waals surface area contributed by atoms with E-state index in [0.29, 0.717) is 38.6 Å². The van der Waals surface area contributed by atoms with Gasteiger partial charge in [-0.1, -0.05) is 42.5 Å². The second kappa shape index (κ2) is 9.32. The summed E-state index contributed by atoms with van der Waals surface area (Å²) in [6, 6.07) is 9.75. The van der Waals surface area contributed by atoms with Crippen molar-refractivity contribution in [2.45, 2.75) is 19.4 Å². The Balaban J connectivity index is 1.15. The highest BCUT2D eigenvalue weighted by atomic mass is 16.2. The summed E-state index contributed by atoms with van der Waals surface area (Å²) >= 11 is 0. The summed E-state index contributed by atoms with van der Waals surface area (Å²) in [5.41, 5.74) is 1.06. The van der Waals surface area contributed by atoms with Gasteiger partial charge in [0.05, 0.1) is 11.8 Å². The van der Waals surface area contributed by atoms with Crippen LogP contribution in [0.4, 0.5) is 0 Å². The predicted molar refractivity (Wildman–Crippen MR) is 117 cm³/mol. The molecule has 1 saturated carbocycles. The number of nitrogens with one attached hydrogen (secondary N) is 3. The van der Waals surface area contributed by atoms with Crippen molar-refractivity contribution in [1.82, 2.24) is 20.9 Å². The van der Waals surface area contributed by atoms with E-state index >= 15 is 0 Å². The number of carbonyl (C=O) groups is 3. The Labute approximate surface area is 182 Å². The molecule has 1 heterocycles. The third-order valence-corrected chi connectivity index (χ3v) is 6.39. The standard InChI is InChI=1S/C23H29N5O3/c1-24-23(25-10-9-18(29)27-14-15-5-3-2-4-6-15)26-11-12-28-21(30)19-16-7-8-17(13-16)20(19)22(28)31/h2-8,16-17,19-20H,9-14H2,1H3,(H,27,29)(H2,24,25,26). The van der Waals surface area contributed by atoms with Crippen LogP contribution in [-0.2, 0) is 20.9 Å². The van der Waals surface area contributed by atoms with Gasteiger partial charge in [-0.15, -0.1) is 0 Å². The Morgan fingerprint density at radius 2 is 1.65 bits per heavy atom. The number of hydrogen-bond donors (Lipinski definition) is 3. The lowest BCUT2D eigenvalue weighted by Crippen LogP contribution is -2.44. The van der Waals surface area contributed by atoms with Crippen molar-refractivity contribution < 1.29 is 14.4 Å². The Morgan fingerprint density at radius 1 is 1.00 bits per heavy atom. The second-order valence-corrected chi connectivity index (χ2v) is 8.27.